The number of allylic oxidation sites excluding steroid dienone is 10. The van der Waals surface area contributed by atoms with Crippen molar-refractivity contribution in [2.24, 2.45) is 5.92 Å². The number of hydrogen-bond acceptors (Lipinski definition) is 2. The van der Waals surface area contributed by atoms with Crippen molar-refractivity contribution in [3.8, 4) is 11.8 Å². The van der Waals surface area contributed by atoms with Crippen molar-refractivity contribution in [2.75, 3.05) is 0 Å². The van der Waals surface area contributed by atoms with Crippen LogP contribution in [0.15, 0.2) is 53.5 Å². The summed E-state index contributed by atoms with van der Waals surface area (Å²) in [6.07, 6.45) is 15.8. The summed E-state index contributed by atoms with van der Waals surface area (Å²) < 4.78 is 0. The molecule has 0 aliphatic heterocycles. The van der Waals surface area contributed by atoms with Gasteiger partial charge < -0.3 is 0 Å². The maximum atomic E-state index is 4.81. The summed E-state index contributed by atoms with van der Waals surface area (Å²) in [4.78, 5) is 4.81. The van der Waals surface area contributed by atoms with Crippen molar-refractivity contribution < 1.29 is 0 Å². The molecule has 0 unspecified atom stereocenters. The molecule has 1 nitrogen and oxygen atoms in total. The molecule has 0 aromatic carbocycles. The lowest BCUT2D eigenvalue weighted by atomic mass is 10.0. The lowest BCUT2D eigenvalue weighted by molar-refractivity contribution is 0.792. The Balaban J connectivity index is 2.25. The van der Waals surface area contributed by atoms with Crippen LogP contribution in [0.1, 0.15) is 44.8 Å². The average molecular weight is 321 g/mol. The molecule has 2 heteroatoms. The molecule has 2 rings (SSSR count). The zero-order chi connectivity index (χ0) is 16.7. The summed E-state index contributed by atoms with van der Waals surface area (Å²) in [5.74, 6) is 6.37. The van der Waals surface area contributed by atoms with E-state index < -0.39 is 0 Å². The van der Waals surface area contributed by atoms with Crippen LogP contribution < -0.4 is 0 Å². The van der Waals surface area contributed by atoms with Crippen molar-refractivity contribution in [1.82, 2.24) is 4.98 Å². The van der Waals surface area contributed by atoms with Crippen LogP contribution in [0.5, 0.6) is 0 Å². The van der Waals surface area contributed by atoms with Gasteiger partial charge in [0.25, 0.3) is 0 Å². The maximum Gasteiger partial charge on any atom is 0.120 e. The van der Waals surface area contributed by atoms with Gasteiger partial charge in [0.05, 0.1) is 5.69 Å². The highest BCUT2D eigenvalue weighted by atomic mass is 32.1. The summed E-state index contributed by atoms with van der Waals surface area (Å²) >= 11 is 1.70. The Morgan fingerprint density at radius 2 is 2.17 bits per heavy atom. The van der Waals surface area contributed by atoms with Crippen molar-refractivity contribution in [2.45, 2.75) is 34.1 Å². The molecule has 118 valence electrons. The predicted octanol–water partition coefficient (Wildman–Crippen LogP) is 6.05. The van der Waals surface area contributed by atoms with Crippen LogP contribution in [0, 0.1) is 17.8 Å². The van der Waals surface area contributed by atoms with E-state index in [1.54, 1.807) is 11.3 Å². The first-order chi connectivity index (χ1) is 11.2. The molecule has 0 spiro atoms. The number of thiazole rings is 1. The van der Waals surface area contributed by atoms with Crippen molar-refractivity contribution in [1.29, 1.82) is 0 Å². The van der Waals surface area contributed by atoms with Gasteiger partial charge in [0.1, 0.15) is 5.01 Å². The molecular weight excluding hydrogens is 298 g/mol. The third-order valence-electron chi connectivity index (χ3n) is 3.67. The van der Waals surface area contributed by atoms with Crippen LogP contribution in [0.2, 0.25) is 0 Å². The van der Waals surface area contributed by atoms with E-state index in [1.807, 2.05) is 26.0 Å². The van der Waals surface area contributed by atoms with Crippen LogP contribution in [-0.2, 0) is 0 Å². The Bertz CT molecular complexity index is 755. The van der Waals surface area contributed by atoms with Crippen LogP contribution in [0.25, 0.3) is 11.1 Å². The van der Waals surface area contributed by atoms with Crippen LogP contribution in [0.3, 0.4) is 0 Å². The zero-order valence-electron chi connectivity index (χ0n) is 14.3. The molecule has 1 aliphatic carbocycles. The third-order valence-corrected chi connectivity index (χ3v) is 4.59. The van der Waals surface area contributed by atoms with E-state index >= 15 is 0 Å². The first-order valence-corrected chi connectivity index (χ1v) is 8.82. The zero-order valence-corrected chi connectivity index (χ0v) is 15.1. The topological polar surface area (TPSA) is 12.9 Å². The van der Waals surface area contributed by atoms with Crippen molar-refractivity contribution in [3.05, 3.63) is 64.2 Å². The molecule has 0 fully saturated rings. The first kappa shape index (κ1) is 17.2. The second kappa shape index (κ2) is 8.50. The maximum absolute atomic E-state index is 4.81. The van der Waals surface area contributed by atoms with Gasteiger partial charge in [0.15, 0.2) is 0 Å². The number of aromatic nitrogens is 1. The van der Waals surface area contributed by atoms with E-state index in [0.29, 0.717) is 5.92 Å². The summed E-state index contributed by atoms with van der Waals surface area (Å²) in [5, 5.41) is 3.22. The van der Waals surface area contributed by atoms with Crippen LogP contribution in [0.4, 0.5) is 0 Å². The minimum Gasteiger partial charge on any atom is -0.236 e. The second-order valence-electron chi connectivity index (χ2n) is 5.63. The first-order valence-electron chi connectivity index (χ1n) is 7.94. The van der Waals surface area contributed by atoms with Crippen LogP contribution >= 0.6 is 11.3 Å². The fourth-order valence-electron chi connectivity index (χ4n) is 2.28. The summed E-state index contributed by atoms with van der Waals surface area (Å²) in [5.41, 5.74) is 4.77. The van der Waals surface area contributed by atoms with Crippen molar-refractivity contribution >= 4 is 22.5 Å². The summed E-state index contributed by atoms with van der Waals surface area (Å²) in [7, 11) is 0. The van der Waals surface area contributed by atoms with E-state index in [1.165, 1.54) is 11.1 Å². The molecule has 1 aromatic rings. The Kier molecular flexibility index (Phi) is 6.38. The minimum absolute atomic E-state index is 0.549. The molecule has 0 saturated heterocycles. The number of rotatable bonds is 4. The van der Waals surface area contributed by atoms with E-state index in [-0.39, 0.29) is 0 Å². The van der Waals surface area contributed by atoms with E-state index in [0.717, 1.165) is 22.7 Å². The molecule has 0 radical (unpaired) electrons. The quantitative estimate of drug-likeness (QED) is 0.486. The third kappa shape index (κ3) is 4.68. The molecule has 23 heavy (non-hydrogen) atoms. The highest BCUT2D eigenvalue weighted by Gasteiger charge is 2.10. The minimum atomic E-state index is 0.549. The molecule has 0 bridgehead atoms. The van der Waals surface area contributed by atoms with Gasteiger partial charge in [0.2, 0.25) is 0 Å². The van der Waals surface area contributed by atoms with Gasteiger partial charge in [-0.05, 0) is 55.1 Å². The molecule has 0 atom stereocenters. The molecule has 0 amide bonds. The van der Waals surface area contributed by atoms with E-state index in [4.69, 9.17) is 4.98 Å². The number of nitrogens with zero attached hydrogens (tertiary/aromatic N) is 1. The number of hydrogen-bond donors (Lipinski definition) is 0. The lowest BCUT2D eigenvalue weighted by Crippen LogP contribution is -1.88. The fourth-order valence-corrected chi connectivity index (χ4v) is 3.15. The van der Waals surface area contributed by atoms with E-state index in [9.17, 15) is 0 Å². The molecule has 1 aromatic heterocycles. The predicted molar refractivity (Wildman–Crippen MR) is 103 cm³/mol. The largest absolute Gasteiger partial charge is 0.236 e. The van der Waals surface area contributed by atoms with Gasteiger partial charge in [-0.3, -0.25) is 0 Å². The molecule has 1 aliphatic rings. The van der Waals surface area contributed by atoms with Gasteiger partial charge >= 0.3 is 0 Å². The highest BCUT2D eigenvalue weighted by molar-refractivity contribution is 7.10. The highest BCUT2D eigenvalue weighted by Crippen LogP contribution is 2.28. The van der Waals surface area contributed by atoms with Gasteiger partial charge in [-0.1, -0.05) is 50.1 Å². The Morgan fingerprint density at radius 1 is 1.35 bits per heavy atom. The average Bonchev–Trinajstić information content (AvgIpc) is 2.88. The van der Waals surface area contributed by atoms with E-state index in [2.05, 4.69) is 61.4 Å². The SMILES string of the molecule is CC#C/C=C\C(=C/C)c1csc(C2=CC=C(C(C)C)C=CC2)n1. The normalized spacial score (nSPS) is 15.3. The monoisotopic (exact) mass is 321 g/mol. The Labute approximate surface area is 143 Å². The van der Waals surface area contributed by atoms with Gasteiger partial charge in [-0.2, -0.15) is 0 Å². The molecule has 1 heterocycles. The Morgan fingerprint density at radius 3 is 2.87 bits per heavy atom. The second-order valence-corrected chi connectivity index (χ2v) is 6.49. The lowest BCUT2D eigenvalue weighted by Gasteiger charge is -2.02. The van der Waals surface area contributed by atoms with Crippen molar-refractivity contribution in [3.63, 3.8) is 0 Å². The van der Waals surface area contributed by atoms with Gasteiger partial charge in [-0.15, -0.1) is 17.3 Å². The standard InChI is InChI=1S/C21H23NS/c1-5-7-8-10-17(6-2)20-15-23-21(22-20)19-12-9-11-18(13-14-19)16(3)4/h6,8-11,13-16H,12H2,1-4H3/b10-8-,17-6+. The van der Waals surface area contributed by atoms with Crippen LogP contribution in [-0.4, -0.2) is 4.98 Å². The van der Waals surface area contributed by atoms with Gasteiger partial charge in [-0.25, -0.2) is 4.98 Å². The smallest absolute Gasteiger partial charge is 0.120 e. The fraction of sp³-hybridized carbons (Fsp3) is 0.286. The van der Waals surface area contributed by atoms with Gasteiger partial charge in [0, 0.05) is 5.38 Å². The molecule has 0 N–H and O–H groups in total. The molecule has 0 saturated carbocycles. The molecular formula is C21H23NS. The summed E-state index contributed by atoms with van der Waals surface area (Å²) in [6, 6.07) is 0. The summed E-state index contributed by atoms with van der Waals surface area (Å²) in [6.45, 7) is 8.32. The Hall–Kier alpha value is -2.11.